The number of ether oxygens (including phenoxy) is 2. The highest BCUT2D eigenvalue weighted by Crippen LogP contribution is 2.39. The molecule has 2 aromatic rings. The Hall–Kier alpha value is -1.79. The van der Waals surface area contributed by atoms with E-state index in [2.05, 4.69) is 15.5 Å². The molecular formula is C17H23N3O2S. The Kier molecular flexibility index (Phi) is 4.73. The highest BCUT2D eigenvalue weighted by atomic mass is 32.1. The van der Waals surface area contributed by atoms with Gasteiger partial charge in [-0.25, -0.2) is 0 Å². The van der Waals surface area contributed by atoms with E-state index in [0.29, 0.717) is 6.04 Å². The van der Waals surface area contributed by atoms with Crippen LogP contribution in [-0.2, 0) is 13.7 Å². The van der Waals surface area contributed by atoms with Crippen molar-refractivity contribution >= 4 is 12.2 Å². The van der Waals surface area contributed by atoms with Gasteiger partial charge in [-0.1, -0.05) is 0 Å². The number of nitrogens with zero attached hydrogens (tertiary/aromatic N) is 3. The van der Waals surface area contributed by atoms with Crippen LogP contribution in [0.4, 0.5) is 0 Å². The lowest BCUT2D eigenvalue weighted by molar-refractivity contribution is 0.197. The lowest BCUT2D eigenvalue weighted by atomic mass is 10.0. The molecule has 1 atom stereocenters. The molecule has 0 radical (unpaired) electrons. The largest absolute Gasteiger partial charge is 0.497 e. The number of methoxy groups -OCH3 is 2. The van der Waals surface area contributed by atoms with Crippen LogP contribution in [0.5, 0.6) is 11.5 Å². The van der Waals surface area contributed by atoms with Crippen molar-refractivity contribution in [2.75, 3.05) is 20.8 Å². The van der Waals surface area contributed by atoms with Gasteiger partial charge in [0.1, 0.15) is 11.5 Å². The van der Waals surface area contributed by atoms with Gasteiger partial charge in [0.2, 0.25) is 0 Å². The fraction of sp³-hybridized carbons (Fsp3) is 0.471. The van der Waals surface area contributed by atoms with Crippen molar-refractivity contribution in [3.05, 3.63) is 40.9 Å². The van der Waals surface area contributed by atoms with Crippen molar-refractivity contribution in [3.8, 4) is 11.5 Å². The van der Waals surface area contributed by atoms with Crippen molar-refractivity contribution in [1.82, 2.24) is 14.0 Å². The molecule has 0 saturated carbocycles. The Morgan fingerprint density at radius 1 is 1.22 bits per heavy atom. The third-order valence-electron chi connectivity index (χ3n) is 4.51. The van der Waals surface area contributed by atoms with E-state index in [9.17, 15) is 0 Å². The van der Waals surface area contributed by atoms with Gasteiger partial charge in [0.25, 0.3) is 0 Å². The molecule has 1 fully saturated rings. The van der Waals surface area contributed by atoms with E-state index < -0.39 is 0 Å². The predicted molar refractivity (Wildman–Crippen MR) is 92.5 cm³/mol. The fourth-order valence-electron chi connectivity index (χ4n) is 3.26. The molecule has 2 heterocycles. The Morgan fingerprint density at radius 2 is 2.04 bits per heavy atom. The molecule has 1 aromatic carbocycles. The number of rotatable bonds is 5. The minimum atomic E-state index is 0.321. The Labute approximate surface area is 142 Å². The van der Waals surface area contributed by atoms with Gasteiger partial charge in [-0.15, -0.1) is 0 Å². The first-order chi connectivity index (χ1) is 11.1. The summed E-state index contributed by atoms with van der Waals surface area (Å²) in [4.78, 5) is 2.45. The molecule has 0 spiro atoms. The van der Waals surface area contributed by atoms with E-state index in [4.69, 9.17) is 21.7 Å². The smallest absolute Gasteiger partial charge is 0.180 e. The number of benzene rings is 1. The van der Waals surface area contributed by atoms with Crippen molar-refractivity contribution < 1.29 is 9.47 Å². The standard InChI is InChI=1S/C17H23N3O2S/c1-18-9-10-20(17(18)23)12-19-8-4-5-15(19)14-11-13(21-2)6-7-16(14)22-3/h6-7,9-11,15H,4-5,8,12H2,1-3H3/t15-/m1/s1. The van der Waals surface area contributed by atoms with Crippen LogP contribution < -0.4 is 9.47 Å². The second-order valence-corrected chi connectivity index (χ2v) is 6.25. The maximum Gasteiger partial charge on any atom is 0.180 e. The molecule has 0 aliphatic carbocycles. The number of likely N-dealkylation sites (tertiary alicyclic amines) is 1. The molecule has 6 heteroatoms. The van der Waals surface area contributed by atoms with Crippen LogP contribution in [0, 0.1) is 4.77 Å². The third kappa shape index (κ3) is 3.14. The highest BCUT2D eigenvalue weighted by Gasteiger charge is 2.29. The van der Waals surface area contributed by atoms with E-state index in [1.54, 1.807) is 14.2 Å². The quantitative estimate of drug-likeness (QED) is 0.785. The summed E-state index contributed by atoms with van der Waals surface area (Å²) in [6.45, 7) is 1.85. The molecule has 1 aromatic heterocycles. The van der Waals surface area contributed by atoms with E-state index in [0.717, 1.165) is 35.9 Å². The molecule has 0 N–H and O–H groups in total. The summed E-state index contributed by atoms with van der Waals surface area (Å²) in [7, 11) is 5.39. The Balaban J connectivity index is 1.89. The molecule has 0 amide bonds. The monoisotopic (exact) mass is 333 g/mol. The summed E-state index contributed by atoms with van der Waals surface area (Å²) < 4.78 is 15.9. The minimum absolute atomic E-state index is 0.321. The summed E-state index contributed by atoms with van der Waals surface area (Å²) in [5, 5.41) is 0. The fourth-order valence-corrected chi connectivity index (χ4v) is 3.44. The summed E-state index contributed by atoms with van der Waals surface area (Å²) >= 11 is 5.46. The van der Waals surface area contributed by atoms with Crippen LogP contribution in [0.25, 0.3) is 0 Å². The average molecular weight is 333 g/mol. The van der Waals surface area contributed by atoms with E-state index in [1.807, 2.05) is 36.1 Å². The zero-order valence-corrected chi connectivity index (χ0v) is 14.7. The molecule has 3 rings (SSSR count). The second kappa shape index (κ2) is 6.76. The maximum atomic E-state index is 5.57. The number of hydrogen-bond donors (Lipinski definition) is 0. The van der Waals surface area contributed by atoms with Gasteiger partial charge < -0.3 is 18.6 Å². The first-order valence-corrected chi connectivity index (χ1v) is 8.22. The first kappa shape index (κ1) is 16.1. The molecule has 1 aliphatic heterocycles. The lowest BCUT2D eigenvalue weighted by Gasteiger charge is -2.26. The third-order valence-corrected chi connectivity index (χ3v) is 5.03. The van der Waals surface area contributed by atoms with Crippen LogP contribution >= 0.6 is 12.2 Å². The van der Waals surface area contributed by atoms with Gasteiger partial charge in [-0.05, 0) is 43.3 Å². The zero-order chi connectivity index (χ0) is 16.4. The lowest BCUT2D eigenvalue weighted by Crippen LogP contribution is -2.26. The van der Waals surface area contributed by atoms with Gasteiger partial charge in [0, 0.05) is 37.6 Å². The van der Waals surface area contributed by atoms with Gasteiger partial charge in [-0.2, -0.15) is 0 Å². The molecule has 5 nitrogen and oxygen atoms in total. The van der Waals surface area contributed by atoms with Gasteiger partial charge in [0.05, 0.1) is 20.9 Å². The summed E-state index contributed by atoms with van der Waals surface area (Å²) in [6, 6.07) is 6.34. The molecule has 1 saturated heterocycles. The van der Waals surface area contributed by atoms with Gasteiger partial charge in [-0.3, -0.25) is 4.90 Å². The molecular weight excluding hydrogens is 310 g/mol. The summed E-state index contributed by atoms with van der Waals surface area (Å²) in [5.41, 5.74) is 1.19. The summed E-state index contributed by atoms with van der Waals surface area (Å²) in [5.74, 6) is 1.78. The van der Waals surface area contributed by atoms with Gasteiger partial charge >= 0.3 is 0 Å². The minimum Gasteiger partial charge on any atom is -0.497 e. The first-order valence-electron chi connectivity index (χ1n) is 7.81. The van der Waals surface area contributed by atoms with Gasteiger partial charge in [0.15, 0.2) is 4.77 Å². The van der Waals surface area contributed by atoms with E-state index in [-0.39, 0.29) is 0 Å². The number of aromatic nitrogens is 2. The van der Waals surface area contributed by atoms with Crippen molar-refractivity contribution in [3.63, 3.8) is 0 Å². The van der Waals surface area contributed by atoms with E-state index in [1.165, 1.54) is 12.0 Å². The molecule has 124 valence electrons. The van der Waals surface area contributed by atoms with Crippen LogP contribution in [0.15, 0.2) is 30.6 Å². The van der Waals surface area contributed by atoms with Crippen LogP contribution in [0.2, 0.25) is 0 Å². The highest BCUT2D eigenvalue weighted by molar-refractivity contribution is 7.71. The van der Waals surface area contributed by atoms with Crippen molar-refractivity contribution in [2.45, 2.75) is 25.6 Å². The topological polar surface area (TPSA) is 31.6 Å². The molecule has 0 bridgehead atoms. The number of imidazole rings is 1. The van der Waals surface area contributed by atoms with Crippen molar-refractivity contribution in [2.24, 2.45) is 7.05 Å². The van der Waals surface area contributed by atoms with E-state index >= 15 is 0 Å². The average Bonchev–Trinajstić information content (AvgIpc) is 3.16. The normalized spacial score (nSPS) is 18.3. The number of hydrogen-bond acceptors (Lipinski definition) is 4. The van der Waals surface area contributed by atoms with Crippen LogP contribution in [-0.4, -0.2) is 34.8 Å². The predicted octanol–water partition coefficient (Wildman–Crippen LogP) is 3.37. The Morgan fingerprint density at radius 3 is 2.70 bits per heavy atom. The maximum absolute atomic E-state index is 5.57. The Bertz CT molecular complexity index is 738. The second-order valence-electron chi connectivity index (χ2n) is 5.88. The molecule has 23 heavy (non-hydrogen) atoms. The van der Waals surface area contributed by atoms with Crippen LogP contribution in [0.3, 0.4) is 0 Å². The molecule has 1 aliphatic rings. The van der Waals surface area contributed by atoms with Crippen molar-refractivity contribution in [1.29, 1.82) is 0 Å². The summed E-state index contributed by atoms with van der Waals surface area (Å²) in [6.07, 6.45) is 6.33. The molecule has 0 unspecified atom stereocenters. The zero-order valence-electron chi connectivity index (χ0n) is 13.9. The van der Waals surface area contributed by atoms with Crippen LogP contribution in [0.1, 0.15) is 24.4 Å². The number of aryl methyl sites for hydroxylation is 1. The SMILES string of the molecule is COc1ccc(OC)c([C@H]2CCCN2Cn2ccn(C)c2=S)c1.